The molecule has 1 fully saturated rings. The molecule has 0 amide bonds. The van der Waals surface area contributed by atoms with Crippen LogP contribution in [0.3, 0.4) is 0 Å². The molecule has 5 nitrogen and oxygen atoms in total. The number of hydrogen-bond acceptors (Lipinski definition) is 5. The second-order valence-corrected chi connectivity index (χ2v) is 4.86. The molecule has 3 rings (SSSR count). The van der Waals surface area contributed by atoms with E-state index >= 15 is 0 Å². The van der Waals surface area contributed by atoms with Crippen LogP contribution in [0.25, 0.3) is 11.5 Å². The Balaban J connectivity index is 0.00000110. The summed E-state index contributed by atoms with van der Waals surface area (Å²) < 4.78 is 5.37. The van der Waals surface area contributed by atoms with E-state index < -0.39 is 0 Å². The lowest BCUT2D eigenvalue weighted by atomic mass is 10.1. The minimum atomic E-state index is 0. The van der Waals surface area contributed by atoms with Gasteiger partial charge >= 0.3 is 0 Å². The molecule has 2 heterocycles. The molecule has 1 aromatic heterocycles. The topological polar surface area (TPSA) is 54.2 Å². The Hall–Kier alpha value is -1.14. The van der Waals surface area contributed by atoms with Gasteiger partial charge in [0.2, 0.25) is 0 Å². The average Bonchev–Trinajstić information content (AvgIpc) is 2.89. The number of hydrogen-bond donors (Lipinski definition) is 1. The maximum absolute atomic E-state index is 5.37. The summed E-state index contributed by atoms with van der Waals surface area (Å²) in [6, 6.07) is 8.06. The Kier molecular flexibility index (Phi) is 7.11. The zero-order chi connectivity index (χ0) is 13.1. The zero-order valence-electron chi connectivity index (χ0n) is 11.9. The van der Waals surface area contributed by atoms with Crippen LogP contribution in [-0.4, -0.2) is 41.2 Å². The molecular formula is C14H20Cl2N4O. The average molecular weight is 331 g/mol. The van der Waals surface area contributed by atoms with E-state index in [1.165, 1.54) is 0 Å². The van der Waals surface area contributed by atoms with Crippen LogP contribution < -0.4 is 5.32 Å². The van der Waals surface area contributed by atoms with Crippen molar-refractivity contribution >= 4 is 24.8 Å². The quantitative estimate of drug-likeness (QED) is 0.935. The Morgan fingerprint density at radius 2 is 1.90 bits per heavy atom. The summed E-state index contributed by atoms with van der Waals surface area (Å²) in [7, 11) is 0. The molecule has 0 unspecified atom stereocenters. The fourth-order valence-electron chi connectivity index (χ4n) is 2.31. The van der Waals surface area contributed by atoms with Crippen LogP contribution in [0.15, 0.2) is 28.8 Å². The highest BCUT2D eigenvalue weighted by molar-refractivity contribution is 5.85. The molecule has 1 aliphatic heterocycles. The summed E-state index contributed by atoms with van der Waals surface area (Å²) >= 11 is 0. The fourth-order valence-corrected chi connectivity index (χ4v) is 2.31. The predicted molar refractivity (Wildman–Crippen MR) is 87.1 cm³/mol. The van der Waals surface area contributed by atoms with E-state index in [1.54, 1.807) is 0 Å². The molecule has 116 valence electrons. The third-order valence-corrected chi connectivity index (χ3v) is 3.42. The van der Waals surface area contributed by atoms with E-state index in [4.69, 9.17) is 4.52 Å². The molecule has 1 aliphatic rings. The smallest absolute Gasteiger partial charge is 0.258 e. The molecule has 0 atom stereocenters. The van der Waals surface area contributed by atoms with Crippen molar-refractivity contribution in [3.63, 3.8) is 0 Å². The van der Waals surface area contributed by atoms with Crippen molar-refractivity contribution in [2.45, 2.75) is 13.5 Å². The highest BCUT2D eigenvalue weighted by Crippen LogP contribution is 2.21. The molecule has 0 bridgehead atoms. The van der Waals surface area contributed by atoms with Crippen molar-refractivity contribution in [2.24, 2.45) is 0 Å². The van der Waals surface area contributed by atoms with Crippen molar-refractivity contribution in [2.75, 3.05) is 26.2 Å². The van der Waals surface area contributed by atoms with Gasteiger partial charge < -0.3 is 9.84 Å². The molecular weight excluding hydrogens is 311 g/mol. The fraction of sp³-hybridized carbons (Fsp3) is 0.429. The van der Waals surface area contributed by atoms with Crippen molar-refractivity contribution in [1.82, 2.24) is 20.4 Å². The van der Waals surface area contributed by atoms with Gasteiger partial charge in [-0.3, -0.25) is 4.90 Å². The first-order valence-corrected chi connectivity index (χ1v) is 6.64. The molecule has 2 aromatic rings. The highest BCUT2D eigenvalue weighted by atomic mass is 35.5. The minimum absolute atomic E-state index is 0. The summed E-state index contributed by atoms with van der Waals surface area (Å²) in [6.45, 7) is 6.94. The summed E-state index contributed by atoms with van der Waals surface area (Å²) in [5, 5.41) is 7.41. The summed E-state index contributed by atoms with van der Waals surface area (Å²) in [6.07, 6.45) is 0. The van der Waals surface area contributed by atoms with Crippen molar-refractivity contribution < 1.29 is 4.52 Å². The monoisotopic (exact) mass is 330 g/mol. The van der Waals surface area contributed by atoms with Gasteiger partial charge in [-0.2, -0.15) is 4.98 Å². The van der Waals surface area contributed by atoms with Crippen LogP contribution in [0.5, 0.6) is 0 Å². The number of nitrogens with one attached hydrogen (secondary N) is 1. The van der Waals surface area contributed by atoms with Crippen molar-refractivity contribution in [3.8, 4) is 11.5 Å². The van der Waals surface area contributed by atoms with Crippen molar-refractivity contribution in [1.29, 1.82) is 0 Å². The third-order valence-electron chi connectivity index (χ3n) is 3.42. The number of piperazine rings is 1. The second-order valence-electron chi connectivity index (χ2n) is 4.86. The molecule has 0 aliphatic carbocycles. The standard InChI is InChI=1S/C14H18N4O.2ClH/c1-11-4-2-3-5-12(11)14-16-13(17-19-14)10-18-8-6-15-7-9-18;;/h2-5,15H,6-10H2,1H3;2*1H. The van der Waals surface area contributed by atoms with Crippen LogP contribution in [0, 0.1) is 6.92 Å². The molecule has 0 saturated carbocycles. The van der Waals surface area contributed by atoms with Crippen LogP contribution in [0.4, 0.5) is 0 Å². The molecule has 1 N–H and O–H groups in total. The number of benzene rings is 1. The number of aryl methyl sites for hydroxylation is 1. The van der Waals surface area contributed by atoms with E-state index in [1.807, 2.05) is 18.2 Å². The number of halogens is 2. The van der Waals surface area contributed by atoms with E-state index in [0.717, 1.165) is 49.7 Å². The largest absolute Gasteiger partial charge is 0.334 e. The molecule has 1 saturated heterocycles. The first-order valence-electron chi connectivity index (χ1n) is 6.64. The van der Waals surface area contributed by atoms with E-state index in [0.29, 0.717) is 5.89 Å². The van der Waals surface area contributed by atoms with E-state index in [2.05, 4.69) is 33.3 Å². The third kappa shape index (κ3) is 4.41. The van der Waals surface area contributed by atoms with Crippen molar-refractivity contribution in [3.05, 3.63) is 35.7 Å². The molecule has 0 radical (unpaired) electrons. The summed E-state index contributed by atoms with van der Waals surface area (Å²) in [5.74, 6) is 1.38. The second kappa shape index (κ2) is 8.34. The van der Waals surface area contributed by atoms with Gasteiger partial charge in [0.05, 0.1) is 6.54 Å². The normalized spacial score (nSPS) is 15.1. The van der Waals surface area contributed by atoms with Gasteiger partial charge in [0, 0.05) is 31.7 Å². The maximum atomic E-state index is 5.37. The lowest BCUT2D eigenvalue weighted by Crippen LogP contribution is -2.43. The van der Waals surface area contributed by atoms with Gasteiger partial charge in [-0.05, 0) is 18.6 Å². The van der Waals surface area contributed by atoms with E-state index in [-0.39, 0.29) is 24.8 Å². The molecule has 7 heteroatoms. The molecule has 21 heavy (non-hydrogen) atoms. The molecule has 1 aromatic carbocycles. The SMILES string of the molecule is Cc1ccccc1-c1nc(CN2CCNCC2)no1.Cl.Cl. The Labute approximate surface area is 136 Å². The van der Waals surface area contributed by atoms with Gasteiger partial charge in [-0.1, -0.05) is 23.4 Å². The Morgan fingerprint density at radius 1 is 1.19 bits per heavy atom. The first-order chi connectivity index (χ1) is 9.33. The summed E-state index contributed by atoms with van der Waals surface area (Å²) in [5.41, 5.74) is 2.17. The maximum Gasteiger partial charge on any atom is 0.258 e. The Morgan fingerprint density at radius 3 is 2.62 bits per heavy atom. The van der Waals surface area contributed by atoms with Crippen LogP contribution in [-0.2, 0) is 6.54 Å². The van der Waals surface area contributed by atoms with Crippen LogP contribution >= 0.6 is 24.8 Å². The van der Waals surface area contributed by atoms with Gasteiger partial charge in [-0.15, -0.1) is 24.8 Å². The number of aromatic nitrogens is 2. The minimum Gasteiger partial charge on any atom is -0.334 e. The number of nitrogens with zero attached hydrogens (tertiary/aromatic N) is 3. The highest BCUT2D eigenvalue weighted by Gasteiger charge is 2.15. The number of rotatable bonds is 3. The molecule has 0 spiro atoms. The predicted octanol–water partition coefficient (Wildman–Crippen LogP) is 2.29. The van der Waals surface area contributed by atoms with E-state index in [9.17, 15) is 0 Å². The summed E-state index contributed by atoms with van der Waals surface area (Å²) in [4.78, 5) is 6.83. The van der Waals surface area contributed by atoms with Crippen LogP contribution in [0.2, 0.25) is 0 Å². The zero-order valence-corrected chi connectivity index (χ0v) is 13.5. The van der Waals surface area contributed by atoms with Gasteiger partial charge in [0.1, 0.15) is 0 Å². The van der Waals surface area contributed by atoms with Gasteiger partial charge in [-0.25, -0.2) is 0 Å². The van der Waals surface area contributed by atoms with Gasteiger partial charge in [0.25, 0.3) is 5.89 Å². The van der Waals surface area contributed by atoms with Crippen LogP contribution in [0.1, 0.15) is 11.4 Å². The first kappa shape index (κ1) is 17.9. The lowest BCUT2D eigenvalue weighted by molar-refractivity contribution is 0.225. The van der Waals surface area contributed by atoms with Gasteiger partial charge in [0.15, 0.2) is 5.82 Å². The lowest BCUT2D eigenvalue weighted by Gasteiger charge is -2.25. The Bertz CT molecular complexity index is 555.